The van der Waals surface area contributed by atoms with Crippen molar-refractivity contribution in [1.82, 2.24) is 0 Å². The molecule has 0 unspecified atom stereocenters. The van der Waals surface area contributed by atoms with E-state index in [4.69, 9.17) is 5.11 Å². The molecule has 2 nitrogen and oxygen atoms in total. The third-order valence-electron chi connectivity index (χ3n) is 0. The van der Waals surface area contributed by atoms with Crippen molar-refractivity contribution in [2.24, 2.45) is 5.73 Å². The summed E-state index contributed by atoms with van der Waals surface area (Å²) in [6, 6.07) is 0. The van der Waals surface area contributed by atoms with Gasteiger partial charge in [0.1, 0.15) is 0 Å². The van der Waals surface area contributed by atoms with Crippen molar-refractivity contribution in [3.8, 4) is 0 Å². The molecule has 5 heavy (non-hydrogen) atoms. The fourth-order valence-electron chi connectivity index (χ4n) is 0. The van der Waals surface area contributed by atoms with Gasteiger partial charge in [0.25, 0.3) is 0 Å². The SMILES string of the molecule is NC([O-])=S.[Cu+]. The first-order valence-electron chi connectivity index (χ1n) is 0.697. The second-order valence-electron chi connectivity index (χ2n) is 0.319. The summed E-state index contributed by atoms with van der Waals surface area (Å²) < 4.78 is 0. The summed E-state index contributed by atoms with van der Waals surface area (Å²) in [5.41, 5.74) is 4.29. The minimum atomic E-state index is -0.750. The summed E-state index contributed by atoms with van der Waals surface area (Å²) in [7, 11) is 0. The van der Waals surface area contributed by atoms with Crippen molar-refractivity contribution in [3.63, 3.8) is 0 Å². The van der Waals surface area contributed by atoms with Crippen molar-refractivity contribution in [3.05, 3.63) is 0 Å². The van der Waals surface area contributed by atoms with Gasteiger partial charge in [-0.15, -0.1) is 0 Å². The topological polar surface area (TPSA) is 49.1 Å². The predicted molar refractivity (Wildman–Crippen MR) is 16.8 cm³/mol. The van der Waals surface area contributed by atoms with E-state index in [1.165, 1.54) is 0 Å². The minimum Gasteiger partial charge on any atom is -0.852 e. The maximum atomic E-state index is 9.04. The first-order chi connectivity index (χ1) is 1.73. The zero-order chi connectivity index (χ0) is 3.58. The van der Waals surface area contributed by atoms with Crippen LogP contribution in [0.25, 0.3) is 0 Å². The van der Waals surface area contributed by atoms with Crippen LogP contribution in [0.15, 0.2) is 0 Å². The summed E-state index contributed by atoms with van der Waals surface area (Å²) in [5.74, 6) is 0. The van der Waals surface area contributed by atoms with Crippen LogP contribution >= 0.6 is 12.2 Å². The Hall–Kier alpha value is 0.209. The molecule has 0 atom stereocenters. The van der Waals surface area contributed by atoms with E-state index < -0.39 is 5.17 Å². The summed E-state index contributed by atoms with van der Waals surface area (Å²) in [6.07, 6.45) is 0. The molecule has 0 aromatic rings. The van der Waals surface area contributed by atoms with Gasteiger partial charge in [-0.25, -0.2) is 0 Å². The standard InChI is InChI=1S/CH3NOS.Cu/c2-1(3)4;/h(H3,2,3,4);/q;+1/p-1. The molecule has 34 valence electrons. The van der Waals surface area contributed by atoms with Gasteiger partial charge in [0.15, 0.2) is 0 Å². The molecule has 0 aromatic carbocycles. The Labute approximate surface area is 45.8 Å². The predicted octanol–water partition coefficient (Wildman–Crippen LogP) is -1.41. The second kappa shape index (κ2) is 4.21. The molecular formula is CH2CuNOS. The third kappa shape index (κ3) is 468. The molecule has 0 fully saturated rings. The quantitative estimate of drug-likeness (QED) is 0.331. The van der Waals surface area contributed by atoms with Crippen molar-refractivity contribution in [1.29, 1.82) is 0 Å². The molecule has 0 saturated heterocycles. The molecule has 0 amide bonds. The molecule has 0 saturated carbocycles. The van der Waals surface area contributed by atoms with E-state index in [9.17, 15) is 0 Å². The van der Waals surface area contributed by atoms with Crippen molar-refractivity contribution in [2.45, 2.75) is 0 Å². The summed E-state index contributed by atoms with van der Waals surface area (Å²) in [4.78, 5) is 0. The van der Waals surface area contributed by atoms with Crippen LogP contribution in [-0.2, 0) is 17.1 Å². The summed E-state index contributed by atoms with van der Waals surface area (Å²) >= 11 is 3.76. The normalized spacial score (nSPS) is 4.80. The molecule has 0 radical (unpaired) electrons. The van der Waals surface area contributed by atoms with Gasteiger partial charge in [0, 0.05) is 5.17 Å². The zero-order valence-corrected chi connectivity index (χ0v) is 3.95. The third-order valence-corrected chi connectivity index (χ3v) is 0. The number of nitrogens with two attached hydrogens (primary N) is 1. The van der Waals surface area contributed by atoms with Crippen molar-refractivity contribution in [2.75, 3.05) is 0 Å². The van der Waals surface area contributed by atoms with E-state index in [0.29, 0.717) is 0 Å². The monoisotopic (exact) mass is 139 g/mol. The zero-order valence-electron chi connectivity index (χ0n) is 2.20. The maximum Gasteiger partial charge on any atom is 1.00 e. The first-order valence-corrected chi connectivity index (χ1v) is 1.11. The molecule has 4 heteroatoms. The van der Waals surface area contributed by atoms with Gasteiger partial charge < -0.3 is 10.8 Å². The molecular weight excluding hydrogens is 138 g/mol. The molecule has 0 spiro atoms. The summed E-state index contributed by atoms with van der Waals surface area (Å²) in [6.45, 7) is 0. The van der Waals surface area contributed by atoms with Crippen LogP contribution in [0.5, 0.6) is 0 Å². The average Bonchev–Trinajstić information content (AvgIpc) is 0.811. The van der Waals surface area contributed by atoms with Gasteiger partial charge >= 0.3 is 17.1 Å². The van der Waals surface area contributed by atoms with Crippen LogP contribution in [0.1, 0.15) is 0 Å². The van der Waals surface area contributed by atoms with Crippen LogP contribution in [0, 0.1) is 0 Å². The van der Waals surface area contributed by atoms with Gasteiger partial charge in [-0.2, -0.15) is 0 Å². The largest absolute Gasteiger partial charge is 1.00 e. The van der Waals surface area contributed by atoms with Crippen LogP contribution < -0.4 is 10.8 Å². The molecule has 0 aliphatic carbocycles. The van der Waals surface area contributed by atoms with Gasteiger partial charge in [0.05, 0.1) is 0 Å². The van der Waals surface area contributed by atoms with Crippen LogP contribution in [0.3, 0.4) is 0 Å². The summed E-state index contributed by atoms with van der Waals surface area (Å²) in [5, 5.41) is 8.29. The van der Waals surface area contributed by atoms with Crippen LogP contribution in [-0.4, -0.2) is 5.17 Å². The number of hydrogen-bond acceptors (Lipinski definition) is 2. The van der Waals surface area contributed by atoms with E-state index >= 15 is 0 Å². The number of hydrogen-bond donors (Lipinski definition) is 1. The minimum absolute atomic E-state index is 0. The molecule has 0 aromatic heterocycles. The van der Waals surface area contributed by atoms with E-state index in [1.54, 1.807) is 0 Å². The molecule has 0 bridgehead atoms. The average molecular weight is 140 g/mol. The van der Waals surface area contributed by atoms with Gasteiger partial charge in [-0.3, -0.25) is 0 Å². The van der Waals surface area contributed by atoms with Gasteiger partial charge in [-0.1, -0.05) is 12.2 Å². The van der Waals surface area contributed by atoms with Crippen molar-refractivity contribution < 1.29 is 22.2 Å². The molecule has 0 aliphatic heterocycles. The fourth-order valence-corrected chi connectivity index (χ4v) is 0. The fraction of sp³-hybridized carbons (Fsp3) is 0. The number of thiocarbonyl (C=S) groups is 1. The molecule has 0 rings (SSSR count). The first kappa shape index (κ1) is 8.96. The van der Waals surface area contributed by atoms with E-state index in [1.807, 2.05) is 0 Å². The Kier molecular flexibility index (Phi) is 7.54. The van der Waals surface area contributed by atoms with Gasteiger partial charge in [0.2, 0.25) is 0 Å². The van der Waals surface area contributed by atoms with Crippen molar-refractivity contribution >= 4 is 17.4 Å². The van der Waals surface area contributed by atoms with E-state index in [0.717, 1.165) is 0 Å². The Morgan fingerprint density at radius 1 is 1.80 bits per heavy atom. The second-order valence-corrected chi connectivity index (χ2v) is 0.721. The molecule has 2 N–H and O–H groups in total. The van der Waals surface area contributed by atoms with Crippen LogP contribution in [0.4, 0.5) is 0 Å². The Morgan fingerprint density at radius 2 is 1.80 bits per heavy atom. The maximum absolute atomic E-state index is 9.04. The number of rotatable bonds is 0. The van der Waals surface area contributed by atoms with Crippen LogP contribution in [0.2, 0.25) is 0 Å². The smallest absolute Gasteiger partial charge is 0.852 e. The molecule has 0 heterocycles. The Morgan fingerprint density at radius 3 is 1.80 bits per heavy atom. The van der Waals surface area contributed by atoms with E-state index in [-0.39, 0.29) is 17.1 Å². The van der Waals surface area contributed by atoms with E-state index in [2.05, 4.69) is 18.0 Å². The van der Waals surface area contributed by atoms with Gasteiger partial charge in [-0.05, 0) is 0 Å². The molecule has 0 aliphatic rings. The Bertz CT molecular complexity index is 34.6. The Balaban J connectivity index is 0.